The van der Waals surface area contributed by atoms with Crippen molar-refractivity contribution in [2.75, 3.05) is 13.2 Å². The molecule has 6 heteroatoms. The zero-order valence-electron chi connectivity index (χ0n) is 10.3. The van der Waals surface area contributed by atoms with Crippen molar-refractivity contribution >= 4 is 34.4 Å². The van der Waals surface area contributed by atoms with E-state index < -0.39 is 0 Å². The smallest absolute Gasteiger partial charge is 0.265 e. The Morgan fingerprint density at radius 1 is 1.26 bits per heavy atom. The molecule has 2 aromatic rings. The van der Waals surface area contributed by atoms with Gasteiger partial charge in [-0.3, -0.25) is 9.59 Å². The molecular formula is C13H13NO3S2. The Morgan fingerprint density at radius 2 is 2.11 bits per heavy atom. The standard InChI is InChI=1S/C13H13NO3S2/c1-2-17-10-5-7-19-12(10)13(16)14-8-9(15)11-4-3-6-18-11/h3-7H,2,8H2,1H3,(H,14,16). The summed E-state index contributed by atoms with van der Waals surface area (Å²) in [6.45, 7) is 2.37. The van der Waals surface area contributed by atoms with E-state index in [-0.39, 0.29) is 18.2 Å². The quantitative estimate of drug-likeness (QED) is 0.834. The summed E-state index contributed by atoms with van der Waals surface area (Å²) in [6.07, 6.45) is 0. The van der Waals surface area contributed by atoms with Crippen LogP contribution in [-0.2, 0) is 0 Å². The number of ketones is 1. The number of ether oxygens (including phenoxy) is 1. The molecule has 0 saturated carbocycles. The highest BCUT2D eigenvalue weighted by Crippen LogP contribution is 2.24. The van der Waals surface area contributed by atoms with Crippen molar-refractivity contribution in [3.8, 4) is 5.75 Å². The van der Waals surface area contributed by atoms with Gasteiger partial charge in [-0.25, -0.2) is 0 Å². The maximum atomic E-state index is 11.9. The second-order valence-electron chi connectivity index (χ2n) is 3.63. The van der Waals surface area contributed by atoms with Crippen LogP contribution in [-0.4, -0.2) is 24.8 Å². The lowest BCUT2D eigenvalue weighted by Crippen LogP contribution is -2.28. The molecule has 0 aromatic carbocycles. The minimum atomic E-state index is -0.275. The van der Waals surface area contributed by atoms with Gasteiger partial charge >= 0.3 is 0 Å². The monoisotopic (exact) mass is 295 g/mol. The number of rotatable bonds is 6. The summed E-state index contributed by atoms with van der Waals surface area (Å²) >= 11 is 2.67. The van der Waals surface area contributed by atoms with Crippen molar-refractivity contribution in [1.29, 1.82) is 0 Å². The highest BCUT2D eigenvalue weighted by Gasteiger charge is 2.15. The van der Waals surface area contributed by atoms with E-state index in [4.69, 9.17) is 4.74 Å². The molecule has 0 saturated heterocycles. The molecule has 4 nitrogen and oxygen atoms in total. The maximum Gasteiger partial charge on any atom is 0.265 e. The van der Waals surface area contributed by atoms with Crippen LogP contribution in [0.4, 0.5) is 0 Å². The zero-order chi connectivity index (χ0) is 13.7. The SMILES string of the molecule is CCOc1ccsc1C(=O)NCC(=O)c1cccs1. The predicted molar refractivity (Wildman–Crippen MR) is 76.5 cm³/mol. The summed E-state index contributed by atoms with van der Waals surface area (Å²) in [5.41, 5.74) is 0. The van der Waals surface area contributed by atoms with E-state index >= 15 is 0 Å². The molecule has 2 heterocycles. The fourth-order valence-corrected chi connectivity index (χ4v) is 2.91. The van der Waals surface area contributed by atoms with E-state index in [1.54, 1.807) is 17.5 Å². The van der Waals surface area contributed by atoms with Crippen LogP contribution in [0.15, 0.2) is 29.0 Å². The second-order valence-corrected chi connectivity index (χ2v) is 5.49. The highest BCUT2D eigenvalue weighted by molar-refractivity contribution is 7.12. The molecule has 0 unspecified atom stereocenters. The fourth-order valence-electron chi connectivity index (χ4n) is 1.50. The van der Waals surface area contributed by atoms with Crippen LogP contribution in [0.2, 0.25) is 0 Å². The van der Waals surface area contributed by atoms with Gasteiger partial charge in [-0.2, -0.15) is 0 Å². The first-order valence-corrected chi connectivity index (χ1v) is 7.53. The topological polar surface area (TPSA) is 55.4 Å². The third-order valence-electron chi connectivity index (χ3n) is 2.34. The van der Waals surface area contributed by atoms with E-state index in [0.717, 1.165) is 0 Å². The minimum Gasteiger partial charge on any atom is -0.492 e. The van der Waals surface area contributed by atoms with E-state index in [1.807, 2.05) is 18.4 Å². The molecule has 0 aliphatic rings. The fraction of sp³-hybridized carbons (Fsp3) is 0.231. The largest absolute Gasteiger partial charge is 0.492 e. The van der Waals surface area contributed by atoms with Crippen LogP contribution >= 0.6 is 22.7 Å². The van der Waals surface area contributed by atoms with E-state index in [1.165, 1.54) is 22.7 Å². The lowest BCUT2D eigenvalue weighted by molar-refractivity contribution is 0.0906. The highest BCUT2D eigenvalue weighted by atomic mass is 32.1. The number of hydrogen-bond donors (Lipinski definition) is 1. The molecule has 0 bridgehead atoms. The summed E-state index contributed by atoms with van der Waals surface area (Å²) in [6, 6.07) is 5.31. The molecule has 0 aliphatic heterocycles. The summed E-state index contributed by atoms with van der Waals surface area (Å²) in [5.74, 6) is 0.204. The van der Waals surface area contributed by atoms with E-state index in [2.05, 4.69) is 5.32 Å². The maximum absolute atomic E-state index is 11.9. The number of Topliss-reactive ketones (excluding diaryl/α,β-unsaturated/α-hetero) is 1. The first-order chi connectivity index (χ1) is 9.22. The molecular weight excluding hydrogens is 282 g/mol. The summed E-state index contributed by atoms with van der Waals surface area (Å²) < 4.78 is 5.34. The molecule has 0 atom stereocenters. The van der Waals surface area contributed by atoms with Gasteiger partial charge < -0.3 is 10.1 Å². The van der Waals surface area contributed by atoms with Crippen LogP contribution in [0.25, 0.3) is 0 Å². The minimum absolute atomic E-state index is 0.00279. The Bertz CT molecular complexity index is 560. The summed E-state index contributed by atoms with van der Waals surface area (Å²) in [4.78, 5) is 24.9. The van der Waals surface area contributed by atoms with Crippen molar-refractivity contribution in [3.05, 3.63) is 38.7 Å². The average Bonchev–Trinajstić information content (AvgIpc) is 3.06. The Balaban J connectivity index is 1.94. The lowest BCUT2D eigenvalue weighted by atomic mass is 10.3. The molecule has 0 aliphatic carbocycles. The predicted octanol–water partition coefficient (Wildman–Crippen LogP) is 2.82. The van der Waals surface area contributed by atoms with Crippen molar-refractivity contribution in [2.24, 2.45) is 0 Å². The Morgan fingerprint density at radius 3 is 2.79 bits per heavy atom. The number of amides is 1. The third kappa shape index (κ3) is 3.42. The first kappa shape index (κ1) is 13.8. The van der Waals surface area contributed by atoms with Crippen molar-refractivity contribution in [2.45, 2.75) is 6.92 Å². The molecule has 1 N–H and O–H groups in total. The van der Waals surface area contributed by atoms with Gasteiger partial charge in [0.1, 0.15) is 10.6 Å². The Labute approximate surface area is 119 Å². The van der Waals surface area contributed by atoms with Crippen LogP contribution in [0.3, 0.4) is 0 Å². The van der Waals surface area contributed by atoms with Crippen LogP contribution in [0, 0.1) is 0 Å². The number of carbonyl (C=O) groups excluding carboxylic acids is 2. The first-order valence-electron chi connectivity index (χ1n) is 5.77. The van der Waals surface area contributed by atoms with Crippen LogP contribution in [0.5, 0.6) is 5.75 Å². The Hall–Kier alpha value is -1.66. The molecule has 2 aromatic heterocycles. The summed E-state index contributed by atoms with van der Waals surface area (Å²) in [5, 5.41) is 6.25. The molecule has 2 rings (SSSR count). The van der Waals surface area contributed by atoms with E-state index in [9.17, 15) is 9.59 Å². The lowest BCUT2D eigenvalue weighted by Gasteiger charge is -2.05. The van der Waals surface area contributed by atoms with Crippen LogP contribution in [0.1, 0.15) is 26.3 Å². The second kappa shape index (κ2) is 6.49. The van der Waals surface area contributed by atoms with E-state index in [0.29, 0.717) is 22.1 Å². The van der Waals surface area contributed by atoms with Gasteiger partial charge in [0.25, 0.3) is 5.91 Å². The molecule has 19 heavy (non-hydrogen) atoms. The molecule has 1 amide bonds. The van der Waals surface area contributed by atoms with Crippen molar-refractivity contribution < 1.29 is 14.3 Å². The number of nitrogens with one attached hydrogen (secondary N) is 1. The van der Waals surface area contributed by atoms with Gasteiger partial charge in [-0.05, 0) is 29.8 Å². The zero-order valence-corrected chi connectivity index (χ0v) is 12.0. The third-order valence-corrected chi connectivity index (χ3v) is 4.15. The van der Waals surface area contributed by atoms with Gasteiger partial charge in [0, 0.05) is 0 Å². The number of carbonyl (C=O) groups is 2. The van der Waals surface area contributed by atoms with Gasteiger partial charge in [0.15, 0.2) is 5.78 Å². The van der Waals surface area contributed by atoms with Gasteiger partial charge in [0.2, 0.25) is 0 Å². The van der Waals surface area contributed by atoms with Gasteiger partial charge in [-0.15, -0.1) is 22.7 Å². The molecule has 100 valence electrons. The number of hydrogen-bond acceptors (Lipinski definition) is 5. The van der Waals surface area contributed by atoms with Crippen molar-refractivity contribution in [3.63, 3.8) is 0 Å². The van der Waals surface area contributed by atoms with Gasteiger partial charge in [-0.1, -0.05) is 6.07 Å². The molecule has 0 fully saturated rings. The summed E-state index contributed by atoms with van der Waals surface area (Å²) in [7, 11) is 0. The van der Waals surface area contributed by atoms with Gasteiger partial charge in [0.05, 0.1) is 18.0 Å². The van der Waals surface area contributed by atoms with Crippen molar-refractivity contribution in [1.82, 2.24) is 5.32 Å². The molecule has 0 radical (unpaired) electrons. The molecule has 0 spiro atoms. The normalized spacial score (nSPS) is 10.2. The average molecular weight is 295 g/mol. The van der Waals surface area contributed by atoms with Crippen LogP contribution < -0.4 is 10.1 Å². The number of thiophene rings is 2. The Kier molecular flexibility index (Phi) is 4.70.